The first-order valence-electron chi connectivity index (χ1n) is 11.0. The molecule has 0 N–H and O–H groups in total. The van der Waals surface area contributed by atoms with E-state index in [0.717, 1.165) is 11.4 Å². The Kier molecular flexibility index (Phi) is 5.90. The number of hydrogen-bond acceptors (Lipinski definition) is 8. The molecule has 4 heterocycles. The molecule has 9 heteroatoms. The van der Waals surface area contributed by atoms with Gasteiger partial charge in [-0.3, -0.25) is 4.79 Å². The van der Waals surface area contributed by atoms with Gasteiger partial charge in [0.05, 0.1) is 22.3 Å². The summed E-state index contributed by atoms with van der Waals surface area (Å²) in [7, 11) is 0. The van der Waals surface area contributed by atoms with Crippen molar-refractivity contribution in [3.8, 4) is 11.3 Å². The molecule has 1 fully saturated rings. The molecule has 0 aliphatic carbocycles. The highest BCUT2D eigenvalue weighted by atomic mass is 16.5. The Balaban J connectivity index is 1.27. The van der Waals surface area contributed by atoms with Gasteiger partial charge >= 0.3 is 5.97 Å². The highest BCUT2D eigenvalue weighted by Gasteiger charge is 2.25. The van der Waals surface area contributed by atoms with Crippen LogP contribution >= 0.6 is 0 Å². The van der Waals surface area contributed by atoms with E-state index in [1.807, 2.05) is 48.5 Å². The number of pyridine rings is 2. The molecule has 172 valence electrons. The van der Waals surface area contributed by atoms with Crippen LogP contribution in [0.2, 0.25) is 0 Å². The van der Waals surface area contributed by atoms with Crippen LogP contribution < -0.4 is 4.90 Å². The number of amides is 1. The average molecular weight is 457 g/mol. The number of nitrogens with zero attached hydrogens (tertiary/aromatic N) is 5. The number of carbonyl (C=O) groups is 2. The summed E-state index contributed by atoms with van der Waals surface area (Å²) in [6.07, 6.45) is 1.75. The normalized spacial score (nSPS) is 13.8. The number of piperazine rings is 1. The topological polar surface area (TPSA) is 102 Å². The summed E-state index contributed by atoms with van der Waals surface area (Å²) in [6, 6.07) is 16.9. The van der Waals surface area contributed by atoms with Crippen molar-refractivity contribution in [2.45, 2.75) is 6.92 Å². The van der Waals surface area contributed by atoms with Crippen molar-refractivity contribution in [2.24, 2.45) is 0 Å². The van der Waals surface area contributed by atoms with Crippen LogP contribution in [-0.4, -0.2) is 64.7 Å². The summed E-state index contributed by atoms with van der Waals surface area (Å²) in [5, 5.41) is 4.43. The summed E-state index contributed by atoms with van der Waals surface area (Å²) in [4.78, 5) is 38.4. The van der Waals surface area contributed by atoms with Crippen LogP contribution in [0.1, 0.15) is 16.1 Å². The molecular formula is C25H23N5O4. The molecule has 5 rings (SSSR count). The van der Waals surface area contributed by atoms with Gasteiger partial charge in [-0.05, 0) is 25.1 Å². The Morgan fingerprint density at radius 1 is 1.03 bits per heavy atom. The van der Waals surface area contributed by atoms with Crippen LogP contribution in [0, 0.1) is 6.92 Å². The quantitative estimate of drug-likeness (QED) is 0.422. The molecule has 34 heavy (non-hydrogen) atoms. The molecule has 3 aromatic heterocycles. The number of esters is 1. The lowest BCUT2D eigenvalue weighted by Gasteiger charge is -2.35. The number of carbonyl (C=O) groups excluding carboxylic acids is 2. The number of ether oxygens (including phenoxy) is 1. The summed E-state index contributed by atoms with van der Waals surface area (Å²) in [5.74, 6) is 0.0436. The third-order valence-corrected chi connectivity index (χ3v) is 5.84. The molecular weight excluding hydrogens is 434 g/mol. The second-order valence-corrected chi connectivity index (χ2v) is 8.00. The molecule has 0 atom stereocenters. The van der Waals surface area contributed by atoms with Gasteiger partial charge < -0.3 is 19.1 Å². The van der Waals surface area contributed by atoms with E-state index in [9.17, 15) is 9.59 Å². The predicted octanol–water partition coefficient (Wildman–Crippen LogP) is 3.10. The Bertz CT molecular complexity index is 1320. The molecule has 1 aliphatic heterocycles. The predicted molar refractivity (Wildman–Crippen MR) is 125 cm³/mol. The van der Waals surface area contributed by atoms with Gasteiger partial charge in [0.2, 0.25) is 0 Å². The lowest BCUT2D eigenvalue weighted by Crippen LogP contribution is -2.50. The van der Waals surface area contributed by atoms with Crippen molar-refractivity contribution in [1.82, 2.24) is 20.0 Å². The molecule has 1 amide bonds. The van der Waals surface area contributed by atoms with Crippen LogP contribution in [0.3, 0.4) is 0 Å². The first-order valence-corrected chi connectivity index (χ1v) is 11.0. The molecule has 0 bridgehead atoms. The van der Waals surface area contributed by atoms with Crippen LogP contribution in [-0.2, 0) is 9.53 Å². The van der Waals surface area contributed by atoms with Crippen LogP contribution in [0.25, 0.3) is 22.4 Å². The molecule has 9 nitrogen and oxygen atoms in total. The fourth-order valence-corrected chi connectivity index (χ4v) is 4.03. The fraction of sp³-hybridized carbons (Fsp3) is 0.240. The Hall–Kier alpha value is -4.27. The molecule has 0 saturated carbocycles. The van der Waals surface area contributed by atoms with E-state index in [2.05, 4.69) is 20.0 Å². The summed E-state index contributed by atoms with van der Waals surface area (Å²) < 4.78 is 10.7. The number of benzene rings is 1. The molecule has 0 unspecified atom stereocenters. The van der Waals surface area contributed by atoms with Gasteiger partial charge in [0.1, 0.15) is 5.82 Å². The highest BCUT2D eigenvalue weighted by Crippen LogP contribution is 2.27. The number of aromatic nitrogens is 3. The smallest absolute Gasteiger partial charge is 0.339 e. The maximum atomic E-state index is 13.0. The van der Waals surface area contributed by atoms with Gasteiger partial charge in [0.15, 0.2) is 6.61 Å². The fourth-order valence-electron chi connectivity index (χ4n) is 4.03. The average Bonchev–Trinajstić information content (AvgIpc) is 3.28. The minimum absolute atomic E-state index is 0.232. The number of hydrogen-bond donors (Lipinski definition) is 0. The molecule has 1 saturated heterocycles. The van der Waals surface area contributed by atoms with Gasteiger partial charge in [-0.1, -0.05) is 41.6 Å². The van der Waals surface area contributed by atoms with Crippen molar-refractivity contribution in [3.63, 3.8) is 0 Å². The van der Waals surface area contributed by atoms with Crippen LogP contribution in [0.4, 0.5) is 5.82 Å². The zero-order chi connectivity index (χ0) is 23.5. The number of fused-ring (bicyclic) bond motifs is 1. The van der Waals surface area contributed by atoms with E-state index in [4.69, 9.17) is 9.26 Å². The Labute approximate surface area is 196 Å². The van der Waals surface area contributed by atoms with E-state index in [0.29, 0.717) is 43.0 Å². The third-order valence-electron chi connectivity index (χ3n) is 5.84. The second kappa shape index (κ2) is 9.30. The lowest BCUT2D eigenvalue weighted by molar-refractivity contribution is -0.134. The summed E-state index contributed by atoms with van der Waals surface area (Å²) in [5.41, 5.74) is 2.45. The maximum absolute atomic E-state index is 13.0. The molecule has 1 aliphatic rings. The molecule has 0 spiro atoms. The van der Waals surface area contributed by atoms with Gasteiger partial charge in [-0.25, -0.2) is 14.8 Å². The van der Waals surface area contributed by atoms with E-state index < -0.39 is 5.97 Å². The van der Waals surface area contributed by atoms with Gasteiger partial charge in [0.25, 0.3) is 11.6 Å². The van der Waals surface area contributed by atoms with Crippen LogP contribution in [0.5, 0.6) is 0 Å². The Morgan fingerprint density at radius 3 is 2.53 bits per heavy atom. The lowest BCUT2D eigenvalue weighted by atomic mass is 10.1. The summed E-state index contributed by atoms with van der Waals surface area (Å²) >= 11 is 0. The van der Waals surface area contributed by atoms with Crippen molar-refractivity contribution in [3.05, 3.63) is 72.1 Å². The van der Waals surface area contributed by atoms with Crippen molar-refractivity contribution >= 4 is 28.8 Å². The third kappa shape index (κ3) is 4.32. The minimum atomic E-state index is -0.614. The van der Waals surface area contributed by atoms with E-state index >= 15 is 0 Å². The summed E-state index contributed by atoms with van der Waals surface area (Å²) in [6.45, 7) is 3.81. The zero-order valence-electron chi connectivity index (χ0n) is 18.7. The first kappa shape index (κ1) is 21.6. The molecule has 1 aromatic carbocycles. The second-order valence-electron chi connectivity index (χ2n) is 8.00. The van der Waals surface area contributed by atoms with E-state index in [1.54, 1.807) is 24.1 Å². The Morgan fingerprint density at radius 2 is 1.79 bits per heavy atom. The standard InChI is InChI=1S/C25H23N5O4/c1-17-23-19(15-20(27-24(23)34-28-17)18-7-3-2-4-8-18)25(32)33-16-22(31)30-13-11-29(12-14-30)21-9-5-6-10-26-21/h2-10,15H,11-14,16H2,1H3. The van der Waals surface area contributed by atoms with Crippen molar-refractivity contribution in [1.29, 1.82) is 0 Å². The van der Waals surface area contributed by atoms with Gasteiger partial charge in [-0.2, -0.15) is 0 Å². The largest absolute Gasteiger partial charge is 0.452 e. The maximum Gasteiger partial charge on any atom is 0.339 e. The monoisotopic (exact) mass is 457 g/mol. The SMILES string of the molecule is Cc1noc2nc(-c3ccccc3)cc(C(=O)OCC(=O)N3CCN(c4ccccn4)CC3)c12. The number of aryl methyl sites for hydroxylation is 1. The minimum Gasteiger partial charge on any atom is -0.452 e. The van der Waals surface area contributed by atoms with Crippen LogP contribution in [0.15, 0.2) is 65.3 Å². The van der Waals surface area contributed by atoms with E-state index in [-0.39, 0.29) is 23.8 Å². The van der Waals surface area contributed by atoms with E-state index in [1.165, 1.54) is 0 Å². The first-order chi connectivity index (χ1) is 16.6. The van der Waals surface area contributed by atoms with Crippen molar-refractivity contribution in [2.75, 3.05) is 37.7 Å². The van der Waals surface area contributed by atoms with Gasteiger partial charge in [0, 0.05) is 37.9 Å². The number of anilines is 1. The number of rotatable bonds is 5. The van der Waals surface area contributed by atoms with Crippen molar-refractivity contribution < 1.29 is 18.8 Å². The highest BCUT2D eigenvalue weighted by molar-refractivity contribution is 6.04. The molecule has 0 radical (unpaired) electrons. The zero-order valence-corrected chi connectivity index (χ0v) is 18.7. The van der Waals surface area contributed by atoms with Gasteiger partial charge in [-0.15, -0.1) is 0 Å². The molecule has 4 aromatic rings.